The summed E-state index contributed by atoms with van der Waals surface area (Å²) in [5, 5.41) is 2.00. The lowest BCUT2D eigenvalue weighted by molar-refractivity contribution is -0.138. The minimum Gasteiger partial charge on any atom is -0.342 e. The highest BCUT2D eigenvalue weighted by atomic mass is 32.1. The highest BCUT2D eigenvalue weighted by Crippen LogP contribution is 2.22. The summed E-state index contributed by atoms with van der Waals surface area (Å²) >= 11 is 1.62. The van der Waals surface area contributed by atoms with Crippen LogP contribution >= 0.6 is 11.3 Å². The van der Waals surface area contributed by atoms with Crippen LogP contribution in [0.3, 0.4) is 0 Å². The molecule has 0 saturated carbocycles. The van der Waals surface area contributed by atoms with E-state index in [1.54, 1.807) is 17.4 Å². The largest absolute Gasteiger partial charge is 0.342 e. The van der Waals surface area contributed by atoms with Gasteiger partial charge in [-0.15, -0.1) is 11.3 Å². The second kappa shape index (κ2) is 7.09. The van der Waals surface area contributed by atoms with E-state index < -0.39 is 0 Å². The zero-order valence-electron chi connectivity index (χ0n) is 12.7. The van der Waals surface area contributed by atoms with Crippen LogP contribution in [-0.4, -0.2) is 47.8 Å². The third kappa shape index (κ3) is 3.58. The van der Waals surface area contributed by atoms with E-state index in [9.17, 15) is 9.59 Å². The van der Waals surface area contributed by atoms with Gasteiger partial charge in [-0.25, -0.2) is 0 Å². The number of nitrogens with zero attached hydrogens (tertiary/aromatic N) is 2. The Morgan fingerprint density at radius 3 is 2.45 bits per heavy atom. The molecule has 2 fully saturated rings. The topological polar surface area (TPSA) is 40.6 Å². The quantitative estimate of drug-likeness (QED) is 0.804. The standard InChI is InChI=1S/C17H22N2O2S/c20-16(6-5-15-4-3-13-22-15)18-11-7-14(8-12-18)17(21)19-9-1-2-10-19/h3-6,13-14H,1-2,7-12H2/b6-5+. The van der Waals surface area contributed by atoms with Crippen molar-refractivity contribution in [2.24, 2.45) is 5.92 Å². The van der Waals surface area contributed by atoms with Crippen molar-refractivity contribution < 1.29 is 9.59 Å². The van der Waals surface area contributed by atoms with E-state index in [4.69, 9.17) is 0 Å². The Labute approximate surface area is 135 Å². The Balaban J connectivity index is 1.48. The summed E-state index contributed by atoms with van der Waals surface area (Å²) in [5.74, 6) is 0.475. The van der Waals surface area contributed by atoms with Crippen LogP contribution in [0.1, 0.15) is 30.6 Å². The van der Waals surface area contributed by atoms with Crippen molar-refractivity contribution in [2.75, 3.05) is 26.2 Å². The van der Waals surface area contributed by atoms with Gasteiger partial charge in [-0.3, -0.25) is 9.59 Å². The van der Waals surface area contributed by atoms with Gasteiger partial charge in [0.05, 0.1) is 0 Å². The lowest BCUT2D eigenvalue weighted by Crippen LogP contribution is -2.43. The Hall–Kier alpha value is -1.62. The molecule has 2 saturated heterocycles. The highest BCUT2D eigenvalue weighted by Gasteiger charge is 2.30. The summed E-state index contributed by atoms with van der Waals surface area (Å²) in [7, 11) is 0. The Morgan fingerprint density at radius 2 is 1.82 bits per heavy atom. The second-order valence-electron chi connectivity index (χ2n) is 5.98. The van der Waals surface area contributed by atoms with Crippen molar-refractivity contribution in [3.05, 3.63) is 28.5 Å². The molecule has 1 aromatic rings. The Kier molecular flexibility index (Phi) is 4.93. The molecular weight excluding hydrogens is 296 g/mol. The molecule has 0 aromatic carbocycles. The number of piperidine rings is 1. The molecule has 0 bridgehead atoms. The van der Waals surface area contributed by atoms with Gasteiger partial charge in [0.1, 0.15) is 0 Å². The minimum atomic E-state index is 0.0560. The summed E-state index contributed by atoms with van der Waals surface area (Å²) in [5.41, 5.74) is 0. The van der Waals surface area contributed by atoms with Gasteiger partial charge < -0.3 is 9.80 Å². The molecule has 0 spiro atoms. The number of rotatable bonds is 3. The minimum absolute atomic E-state index is 0.0560. The van der Waals surface area contributed by atoms with Crippen molar-refractivity contribution in [3.63, 3.8) is 0 Å². The maximum Gasteiger partial charge on any atom is 0.246 e. The molecule has 22 heavy (non-hydrogen) atoms. The fourth-order valence-corrected chi connectivity index (χ4v) is 3.81. The molecule has 2 aliphatic rings. The number of hydrogen-bond donors (Lipinski definition) is 0. The number of likely N-dealkylation sites (tertiary alicyclic amines) is 2. The molecule has 0 aliphatic carbocycles. The van der Waals surface area contributed by atoms with E-state index in [-0.39, 0.29) is 11.8 Å². The van der Waals surface area contributed by atoms with Gasteiger partial charge in [0.25, 0.3) is 0 Å². The monoisotopic (exact) mass is 318 g/mol. The van der Waals surface area contributed by atoms with E-state index in [0.29, 0.717) is 19.0 Å². The van der Waals surface area contributed by atoms with Crippen LogP contribution < -0.4 is 0 Å². The zero-order chi connectivity index (χ0) is 15.4. The van der Waals surface area contributed by atoms with Crippen LogP contribution in [0.25, 0.3) is 6.08 Å². The van der Waals surface area contributed by atoms with Crippen LogP contribution in [0.5, 0.6) is 0 Å². The molecule has 118 valence electrons. The molecule has 4 nitrogen and oxygen atoms in total. The van der Waals surface area contributed by atoms with E-state index in [2.05, 4.69) is 0 Å². The third-order valence-electron chi connectivity index (χ3n) is 4.51. The van der Waals surface area contributed by atoms with Gasteiger partial charge in [-0.2, -0.15) is 0 Å². The first-order chi connectivity index (χ1) is 10.7. The van der Waals surface area contributed by atoms with Crippen molar-refractivity contribution in [2.45, 2.75) is 25.7 Å². The normalized spacial score (nSPS) is 20.0. The smallest absolute Gasteiger partial charge is 0.246 e. The first-order valence-corrected chi connectivity index (χ1v) is 8.91. The zero-order valence-corrected chi connectivity index (χ0v) is 13.6. The summed E-state index contributed by atoms with van der Waals surface area (Å²) in [6, 6.07) is 3.97. The molecule has 2 amide bonds. The van der Waals surface area contributed by atoms with E-state index >= 15 is 0 Å². The average molecular weight is 318 g/mol. The molecule has 0 atom stereocenters. The van der Waals surface area contributed by atoms with Gasteiger partial charge in [0, 0.05) is 43.1 Å². The number of hydrogen-bond acceptors (Lipinski definition) is 3. The first kappa shape index (κ1) is 15.3. The maximum atomic E-state index is 12.4. The van der Waals surface area contributed by atoms with Crippen LogP contribution in [0.4, 0.5) is 0 Å². The molecule has 5 heteroatoms. The molecule has 2 aliphatic heterocycles. The van der Waals surface area contributed by atoms with Crippen LogP contribution in [0.2, 0.25) is 0 Å². The molecule has 1 aromatic heterocycles. The number of carbonyl (C=O) groups excluding carboxylic acids is 2. The van der Waals surface area contributed by atoms with Crippen molar-refractivity contribution in [1.29, 1.82) is 0 Å². The van der Waals surface area contributed by atoms with E-state index in [1.165, 1.54) is 0 Å². The number of amides is 2. The summed E-state index contributed by atoms with van der Waals surface area (Å²) in [4.78, 5) is 29.5. The van der Waals surface area contributed by atoms with Gasteiger partial charge in [0.15, 0.2) is 0 Å². The predicted octanol–water partition coefficient (Wildman–Crippen LogP) is 2.62. The average Bonchev–Trinajstić information content (AvgIpc) is 3.25. The van der Waals surface area contributed by atoms with Crippen molar-refractivity contribution >= 4 is 29.2 Å². The number of carbonyl (C=O) groups is 2. The van der Waals surface area contributed by atoms with Crippen LogP contribution in [0.15, 0.2) is 23.6 Å². The molecule has 3 heterocycles. The Morgan fingerprint density at radius 1 is 1.09 bits per heavy atom. The molecule has 0 radical (unpaired) electrons. The molecule has 3 rings (SSSR count). The van der Waals surface area contributed by atoms with Gasteiger partial charge in [-0.1, -0.05) is 6.07 Å². The SMILES string of the molecule is O=C(/C=C/c1cccs1)N1CCC(C(=O)N2CCCC2)CC1. The van der Waals surface area contributed by atoms with E-state index in [0.717, 1.165) is 43.6 Å². The maximum absolute atomic E-state index is 12.4. The second-order valence-corrected chi connectivity index (χ2v) is 6.96. The molecular formula is C17H22N2O2S. The Bertz CT molecular complexity index is 539. The lowest BCUT2D eigenvalue weighted by atomic mass is 9.95. The van der Waals surface area contributed by atoms with E-state index in [1.807, 2.05) is 33.4 Å². The first-order valence-electron chi connectivity index (χ1n) is 8.03. The van der Waals surface area contributed by atoms with Crippen LogP contribution in [-0.2, 0) is 9.59 Å². The van der Waals surface area contributed by atoms with Gasteiger partial charge in [0.2, 0.25) is 11.8 Å². The van der Waals surface area contributed by atoms with Crippen molar-refractivity contribution in [3.8, 4) is 0 Å². The molecule has 0 unspecified atom stereocenters. The van der Waals surface area contributed by atoms with Crippen molar-refractivity contribution in [1.82, 2.24) is 9.80 Å². The fraction of sp³-hybridized carbons (Fsp3) is 0.529. The van der Waals surface area contributed by atoms with Crippen LogP contribution in [0, 0.1) is 5.92 Å². The fourth-order valence-electron chi connectivity index (χ4n) is 3.19. The number of thiophene rings is 1. The summed E-state index contributed by atoms with van der Waals surface area (Å²) in [6.45, 7) is 3.22. The molecule has 0 N–H and O–H groups in total. The summed E-state index contributed by atoms with van der Waals surface area (Å²) < 4.78 is 0. The van der Waals surface area contributed by atoms with Gasteiger partial charge >= 0.3 is 0 Å². The third-order valence-corrected chi connectivity index (χ3v) is 5.34. The summed E-state index contributed by atoms with van der Waals surface area (Å²) in [6.07, 6.45) is 7.39. The highest BCUT2D eigenvalue weighted by molar-refractivity contribution is 7.10. The van der Waals surface area contributed by atoms with Gasteiger partial charge in [-0.05, 0) is 43.2 Å². The predicted molar refractivity (Wildman–Crippen MR) is 88.5 cm³/mol. The lowest BCUT2D eigenvalue weighted by Gasteiger charge is -2.32.